The van der Waals surface area contributed by atoms with Crippen molar-refractivity contribution in [2.45, 2.75) is 30.2 Å². The number of benzene rings is 3. The molecule has 0 bridgehead atoms. The van der Waals surface area contributed by atoms with Crippen LogP contribution < -0.4 is 5.32 Å². The number of ether oxygens (including phenoxy) is 2. The zero-order valence-corrected chi connectivity index (χ0v) is 21.8. The topological polar surface area (TPSA) is 84.9 Å². The summed E-state index contributed by atoms with van der Waals surface area (Å²) in [6.45, 7) is 0.0840. The molecule has 194 valence electrons. The Morgan fingerprint density at radius 1 is 0.921 bits per heavy atom. The molecule has 2 heterocycles. The van der Waals surface area contributed by atoms with Crippen molar-refractivity contribution in [3.05, 3.63) is 119 Å². The van der Waals surface area contributed by atoms with Gasteiger partial charge in [-0.05, 0) is 27.7 Å². The first-order chi connectivity index (χ1) is 18.6. The van der Waals surface area contributed by atoms with E-state index >= 15 is 0 Å². The molecule has 3 atom stereocenters. The molecule has 7 nitrogen and oxygen atoms in total. The Bertz CT molecular complexity index is 1280. The zero-order valence-electron chi connectivity index (χ0n) is 20.2. The number of carbonyl (C=O) groups is 3. The van der Waals surface area contributed by atoms with Gasteiger partial charge in [0.1, 0.15) is 18.0 Å². The van der Waals surface area contributed by atoms with Gasteiger partial charge < -0.3 is 19.7 Å². The van der Waals surface area contributed by atoms with E-state index in [1.54, 1.807) is 5.41 Å². The normalized spacial score (nSPS) is 20.2. The average molecular weight is 549 g/mol. The van der Waals surface area contributed by atoms with Gasteiger partial charge in [-0.2, -0.15) is 0 Å². The minimum atomic E-state index is -0.987. The third kappa shape index (κ3) is 5.42. The van der Waals surface area contributed by atoms with Crippen LogP contribution in [-0.2, 0) is 25.7 Å². The number of alkyl halides is 1. The summed E-state index contributed by atoms with van der Waals surface area (Å²) in [5, 5.41) is 3.92. The lowest BCUT2D eigenvalue weighted by molar-refractivity contribution is -0.164. The predicted molar refractivity (Wildman–Crippen MR) is 145 cm³/mol. The monoisotopic (exact) mass is 548 g/mol. The first-order valence-corrected chi connectivity index (χ1v) is 13.5. The van der Waals surface area contributed by atoms with E-state index in [4.69, 9.17) is 21.1 Å². The first-order valence-electron chi connectivity index (χ1n) is 12.1. The first kappa shape index (κ1) is 25.9. The fourth-order valence-electron chi connectivity index (χ4n) is 4.46. The highest BCUT2D eigenvalue weighted by atomic mass is 35.5. The van der Waals surface area contributed by atoms with Gasteiger partial charge >= 0.3 is 12.1 Å². The summed E-state index contributed by atoms with van der Waals surface area (Å²) in [5.74, 6) is -0.923. The van der Waals surface area contributed by atoms with Crippen LogP contribution in [0.4, 0.5) is 4.79 Å². The van der Waals surface area contributed by atoms with Crippen molar-refractivity contribution < 1.29 is 23.9 Å². The van der Waals surface area contributed by atoms with E-state index in [0.717, 1.165) is 16.7 Å². The Kier molecular flexibility index (Phi) is 8.00. The zero-order chi connectivity index (χ0) is 26.5. The number of thioether (sulfide) groups is 1. The molecule has 2 aliphatic heterocycles. The second-order valence-electron chi connectivity index (χ2n) is 8.82. The van der Waals surface area contributed by atoms with Crippen molar-refractivity contribution in [3.63, 3.8) is 0 Å². The number of fused-ring (bicyclic) bond motifs is 1. The lowest BCUT2D eigenvalue weighted by Gasteiger charge is -2.51. The van der Waals surface area contributed by atoms with Crippen LogP contribution in [0.3, 0.4) is 0 Å². The smallest absolute Gasteiger partial charge is 0.408 e. The molecule has 1 N–H and O–H groups in total. The van der Waals surface area contributed by atoms with Crippen molar-refractivity contribution in [1.82, 2.24) is 10.2 Å². The Hall–Kier alpha value is -3.75. The highest BCUT2D eigenvalue weighted by Gasteiger charge is 2.56. The lowest BCUT2D eigenvalue weighted by Crippen LogP contribution is -2.74. The van der Waals surface area contributed by atoms with Gasteiger partial charge in [-0.3, -0.25) is 4.79 Å². The van der Waals surface area contributed by atoms with Gasteiger partial charge in [-0.25, -0.2) is 9.59 Å². The minimum Gasteiger partial charge on any atom is -0.451 e. The van der Waals surface area contributed by atoms with Gasteiger partial charge in [0.05, 0.1) is 0 Å². The van der Waals surface area contributed by atoms with Crippen molar-refractivity contribution in [1.29, 1.82) is 0 Å². The number of amides is 2. The number of nitrogens with zero attached hydrogens (tertiary/aromatic N) is 1. The van der Waals surface area contributed by atoms with Crippen molar-refractivity contribution >= 4 is 41.3 Å². The van der Waals surface area contributed by atoms with Crippen molar-refractivity contribution in [3.8, 4) is 0 Å². The summed E-state index contributed by atoms with van der Waals surface area (Å²) >= 11 is 7.50. The number of carbonyl (C=O) groups excluding carboxylic acids is 3. The summed E-state index contributed by atoms with van der Waals surface area (Å²) in [7, 11) is 0. The maximum absolute atomic E-state index is 13.6. The van der Waals surface area contributed by atoms with E-state index in [1.165, 1.54) is 16.7 Å². The van der Waals surface area contributed by atoms with Gasteiger partial charge in [-0.1, -0.05) is 91.0 Å². The molecular formula is C29H25ClN2O5S. The molecule has 3 aromatic rings. The van der Waals surface area contributed by atoms with Gasteiger partial charge in [0.15, 0.2) is 12.1 Å². The Balaban J connectivity index is 1.30. The van der Waals surface area contributed by atoms with E-state index < -0.39 is 41.5 Å². The molecule has 0 spiro atoms. The molecule has 38 heavy (non-hydrogen) atoms. The molecule has 2 aliphatic rings. The van der Waals surface area contributed by atoms with Crippen LogP contribution in [0.25, 0.3) is 0 Å². The summed E-state index contributed by atoms with van der Waals surface area (Å²) < 4.78 is 11.3. The third-order valence-corrected chi connectivity index (χ3v) is 7.90. The second kappa shape index (κ2) is 11.8. The van der Waals surface area contributed by atoms with Crippen LogP contribution in [0.2, 0.25) is 0 Å². The molecule has 0 aromatic heterocycles. The number of esters is 1. The molecule has 1 saturated heterocycles. The lowest BCUT2D eigenvalue weighted by atomic mass is 9.98. The molecule has 2 amide bonds. The SMILES string of the molecule is O=C(NC1C(=O)N2C(C(=O)OC(c3ccccc3)c3ccccc3)C(CCl)=CS[C@H]12)OCc1ccccc1. The van der Waals surface area contributed by atoms with E-state index in [-0.39, 0.29) is 12.5 Å². The standard InChI is InChI=1S/C29H25ClN2O5S/c30-16-22-18-38-27-23(31-29(35)36-17-19-10-4-1-5-11-19)26(33)32(27)24(22)28(34)37-25(20-12-6-2-7-13-20)21-14-8-3-9-15-21/h1-15,18,23-25,27H,16-17H2,(H,31,35)/t23?,24?,27-/m1/s1. The highest BCUT2D eigenvalue weighted by Crippen LogP contribution is 2.41. The van der Waals surface area contributed by atoms with Gasteiger partial charge in [0, 0.05) is 5.88 Å². The Morgan fingerprint density at radius 2 is 1.50 bits per heavy atom. The van der Waals surface area contributed by atoms with E-state index in [1.807, 2.05) is 91.0 Å². The molecule has 0 saturated carbocycles. The fourth-order valence-corrected chi connectivity index (χ4v) is 6.00. The van der Waals surface area contributed by atoms with E-state index in [2.05, 4.69) is 5.32 Å². The molecule has 3 aromatic carbocycles. The number of alkyl carbamates (subject to hydrolysis) is 1. The summed E-state index contributed by atoms with van der Waals surface area (Å²) in [4.78, 5) is 40.6. The van der Waals surface area contributed by atoms with Crippen LogP contribution in [-0.4, -0.2) is 46.2 Å². The number of hydrogen-bond acceptors (Lipinski definition) is 6. The van der Waals surface area contributed by atoms with E-state index in [9.17, 15) is 14.4 Å². The molecule has 5 rings (SSSR count). The maximum Gasteiger partial charge on any atom is 0.408 e. The van der Waals surface area contributed by atoms with E-state index in [0.29, 0.717) is 5.57 Å². The average Bonchev–Trinajstić information content (AvgIpc) is 2.98. The predicted octanol–water partition coefficient (Wildman–Crippen LogP) is 5.02. The van der Waals surface area contributed by atoms with Crippen LogP contribution in [0.1, 0.15) is 22.8 Å². The largest absolute Gasteiger partial charge is 0.451 e. The number of nitrogens with one attached hydrogen (secondary N) is 1. The Labute approximate surface area is 229 Å². The summed E-state index contributed by atoms with van der Waals surface area (Å²) in [6.07, 6.45) is -1.36. The minimum absolute atomic E-state index is 0.0574. The summed E-state index contributed by atoms with van der Waals surface area (Å²) in [5.41, 5.74) is 3.01. The van der Waals surface area contributed by atoms with Crippen LogP contribution in [0, 0.1) is 0 Å². The van der Waals surface area contributed by atoms with Crippen LogP contribution in [0.15, 0.2) is 102 Å². The van der Waals surface area contributed by atoms with Crippen LogP contribution in [0.5, 0.6) is 0 Å². The van der Waals surface area contributed by atoms with Gasteiger partial charge in [-0.15, -0.1) is 23.4 Å². The molecule has 1 fully saturated rings. The molecular weight excluding hydrogens is 524 g/mol. The Morgan fingerprint density at radius 3 is 2.08 bits per heavy atom. The maximum atomic E-state index is 13.6. The number of halogens is 1. The van der Waals surface area contributed by atoms with Crippen molar-refractivity contribution in [2.75, 3.05) is 5.88 Å². The fraction of sp³-hybridized carbons (Fsp3) is 0.207. The third-order valence-electron chi connectivity index (χ3n) is 6.37. The second-order valence-corrected chi connectivity index (χ2v) is 10.1. The summed E-state index contributed by atoms with van der Waals surface area (Å²) in [6, 6.07) is 26.3. The number of β-lactam (4-membered cyclic amide) rings is 1. The number of hydrogen-bond donors (Lipinski definition) is 1. The molecule has 2 unspecified atom stereocenters. The molecule has 9 heteroatoms. The van der Waals surface area contributed by atoms with Crippen LogP contribution >= 0.6 is 23.4 Å². The van der Waals surface area contributed by atoms with Gasteiger partial charge in [0.25, 0.3) is 0 Å². The highest BCUT2D eigenvalue weighted by molar-refractivity contribution is 8.03. The number of rotatable bonds is 8. The quantitative estimate of drug-likeness (QED) is 0.242. The van der Waals surface area contributed by atoms with Crippen molar-refractivity contribution in [2.24, 2.45) is 0 Å². The van der Waals surface area contributed by atoms with Gasteiger partial charge in [0.2, 0.25) is 5.91 Å². The molecule has 0 aliphatic carbocycles. The molecule has 0 radical (unpaired) electrons.